The summed E-state index contributed by atoms with van der Waals surface area (Å²) in [5.41, 5.74) is 6.72. The number of hydrogen-bond donors (Lipinski definition) is 2. The summed E-state index contributed by atoms with van der Waals surface area (Å²) in [4.78, 5) is 21.7. The number of aromatic amines is 1. The van der Waals surface area contributed by atoms with Crippen molar-refractivity contribution in [3.63, 3.8) is 0 Å². The summed E-state index contributed by atoms with van der Waals surface area (Å²) in [6, 6.07) is 30.1. The summed E-state index contributed by atoms with van der Waals surface area (Å²) in [6.45, 7) is 4.92. The van der Waals surface area contributed by atoms with Crippen molar-refractivity contribution in [2.24, 2.45) is 0 Å². The number of methoxy groups -OCH3 is 2. The molecule has 2 heterocycles. The number of benzene rings is 4. The molecule has 1 atom stereocenters. The second-order valence-electron chi connectivity index (χ2n) is 9.97. The van der Waals surface area contributed by atoms with Crippen LogP contribution in [0.25, 0.3) is 44.3 Å². The van der Waals surface area contributed by atoms with Crippen molar-refractivity contribution in [2.75, 3.05) is 19.5 Å². The third-order valence-corrected chi connectivity index (χ3v) is 8.42. The molecule has 0 aliphatic heterocycles. The van der Waals surface area contributed by atoms with Crippen molar-refractivity contribution in [2.45, 2.75) is 30.8 Å². The average molecular weight is 577 g/mol. The van der Waals surface area contributed by atoms with Gasteiger partial charge in [-0.2, -0.15) is 0 Å². The van der Waals surface area contributed by atoms with Crippen LogP contribution in [0.2, 0.25) is 0 Å². The Bertz CT molecular complexity index is 1810. The van der Waals surface area contributed by atoms with Gasteiger partial charge in [0.15, 0.2) is 5.16 Å². The smallest absolute Gasteiger partial charge is 0.237 e. The third-order valence-electron chi connectivity index (χ3n) is 7.44. The molecule has 1 amide bonds. The maximum atomic E-state index is 13.3. The average Bonchev–Trinajstić information content (AvgIpc) is 3.59. The molecule has 0 spiro atoms. The predicted octanol–water partition coefficient (Wildman–Crippen LogP) is 8.01. The molecule has 0 fully saturated rings. The predicted molar refractivity (Wildman–Crippen MR) is 172 cm³/mol. The number of nitrogens with one attached hydrogen (secondary N) is 2. The Balaban J connectivity index is 1.26. The van der Waals surface area contributed by atoms with Gasteiger partial charge in [0.05, 0.1) is 30.9 Å². The highest BCUT2D eigenvalue weighted by Gasteiger charge is 2.21. The number of rotatable bonds is 9. The lowest BCUT2D eigenvalue weighted by atomic mass is 10.0. The number of thioether (sulfide) groups is 1. The van der Waals surface area contributed by atoms with E-state index >= 15 is 0 Å². The third kappa shape index (κ3) is 5.21. The summed E-state index contributed by atoms with van der Waals surface area (Å²) in [5.74, 6) is 1.46. The zero-order chi connectivity index (χ0) is 29.2. The molecule has 0 saturated carbocycles. The molecule has 0 aliphatic carbocycles. The van der Waals surface area contributed by atoms with E-state index in [1.807, 2.05) is 61.5 Å². The molecule has 6 rings (SSSR count). The Morgan fingerprint density at radius 3 is 2.19 bits per heavy atom. The van der Waals surface area contributed by atoms with Crippen LogP contribution in [-0.2, 0) is 11.3 Å². The lowest BCUT2D eigenvalue weighted by Crippen LogP contribution is -2.22. The zero-order valence-corrected chi connectivity index (χ0v) is 24.8. The lowest BCUT2D eigenvalue weighted by Gasteiger charge is -2.11. The molecule has 2 N–H and O–H groups in total. The molecular weight excluding hydrogens is 544 g/mol. The largest absolute Gasteiger partial charge is 0.497 e. The van der Waals surface area contributed by atoms with Crippen LogP contribution in [0.3, 0.4) is 0 Å². The van der Waals surface area contributed by atoms with Gasteiger partial charge in [-0.25, -0.2) is 4.98 Å². The van der Waals surface area contributed by atoms with Gasteiger partial charge in [-0.1, -0.05) is 30.0 Å². The van der Waals surface area contributed by atoms with Crippen LogP contribution in [0.1, 0.15) is 13.8 Å². The van der Waals surface area contributed by atoms with E-state index in [4.69, 9.17) is 14.5 Å². The van der Waals surface area contributed by atoms with Gasteiger partial charge in [0.1, 0.15) is 11.5 Å². The van der Waals surface area contributed by atoms with E-state index < -0.39 is 5.25 Å². The first-order chi connectivity index (χ1) is 20.5. The number of fused-ring (bicyclic) bond motifs is 3. The molecule has 42 heavy (non-hydrogen) atoms. The number of amides is 1. The monoisotopic (exact) mass is 576 g/mol. The zero-order valence-electron chi connectivity index (χ0n) is 24.0. The molecule has 0 bridgehead atoms. The minimum atomic E-state index is -0.392. The number of anilines is 1. The van der Waals surface area contributed by atoms with Gasteiger partial charge < -0.3 is 24.3 Å². The van der Waals surface area contributed by atoms with Crippen LogP contribution in [0.4, 0.5) is 5.69 Å². The first-order valence-corrected chi connectivity index (χ1v) is 14.7. The van der Waals surface area contributed by atoms with Gasteiger partial charge in [0.25, 0.3) is 0 Å². The van der Waals surface area contributed by atoms with E-state index in [1.54, 1.807) is 14.2 Å². The fraction of sp³-hybridized carbons (Fsp3) is 0.176. The quantitative estimate of drug-likeness (QED) is 0.170. The van der Waals surface area contributed by atoms with Crippen LogP contribution in [0, 0.1) is 0 Å². The van der Waals surface area contributed by atoms with E-state index in [0.29, 0.717) is 5.16 Å². The summed E-state index contributed by atoms with van der Waals surface area (Å²) >= 11 is 1.39. The fourth-order valence-electron chi connectivity index (χ4n) is 5.27. The van der Waals surface area contributed by atoms with Gasteiger partial charge in [-0.15, -0.1) is 0 Å². The Labute approximate surface area is 248 Å². The Morgan fingerprint density at radius 2 is 1.52 bits per heavy atom. The molecule has 6 aromatic rings. The number of carbonyl (C=O) groups is 1. The molecular formula is C34H32N4O3S. The van der Waals surface area contributed by atoms with Gasteiger partial charge in [0.2, 0.25) is 5.91 Å². The van der Waals surface area contributed by atoms with Crippen LogP contribution in [0.5, 0.6) is 11.5 Å². The number of aromatic nitrogens is 3. The van der Waals surface area contributed by atoms with Crippen molar-refractivity contribution in [3.05, 3.63) is 91.0 Å². The Morgan fingerprint density at radius 1 is 0.881 bits per heavy atom. The fourth-order valence-corrected chi connectivity index (χ4v) is 6.07. The second kappa shape index (κ2) is 11.7. The van der Waals surface area contributed by atoms with Crippen molar-refractivity contribution in [1.29, 1.82) is 0 Å². The lowest BCUT2D eigenvalue weighted by molar-refractivity contribution is -0.115. The highest BCUT2D eigenvalue weighted by atomic mass is 32.2. The molecule has 2 aromatic heterocycles. The van der Waals surface area contributed by atoms with Gasteiger partial charge in [0, 0.05) is 45.2 Å². The van der Waals surface area contributed by atoms with Crippen molar-refractivity contribution < 1.29 is 14.3 Å². The number of hydrogen-bond acceptors (Lipinski definition) is 5. The van der Waals surface area contributed by atoms with E-state index in [-0.39, 0.29) is 5.91 Å². The molecule has 0 saturated heterocycles. The second-order valence-corrected chi connectivity index (χ2v) is 11.3. The standard InChI is InChI=1S/C34H32N4O3S/c1-5-38-29-9-7-6-8-27(29)28-20-24(14-19-30(28)38)35-33(39)21(2)42-34-36-31(22-10-15-25(40-3)16-11-22)32(37-34)23-12-17-26(41-4)18-13-23/h6-21H,5H2,1-4H3,(H,35,39)(H,36,37). The molecule has 4 aromatic carbocycles. The highest BCUT2D eigenvalue weighted by molar-refractivity contribution is 8.00. The molecule has 212 valence electrons. The van der Waals surface area contributed by atoms with Crippen LogP contribution >= 0.6 is 11.8 Å². The van der Waals surface area contributed by atoms with E-state index in [9.17, 15) is 4.79 Å². The topological polar surface area (TPSA) is 81.2 Å². The first kappa shape index (κ1) is 27.5. The number of aryl methyl sites for hydroxylation is 1. The molecule has 1 unspecified atom stereocenters. The van der Waals surface area contributed by atoms with Gasteiger partial charge in [-0.05, 0) is 86.6 Å². The maximum Gasteiger partial charge on any atom is 0.237 e. The number of carbonyl (C=O) groups excluding carboxylic acids is 1. The van der Waals surface area contributed by atoms with Gasteiger partial charge in [-0.3, -0.25) is 4.79 Å². The van der Waals surface area contributed by atoms with Crippen molar-refractivity contribution >= 4 is 45.2 Å². The van der Waals surface area contributed by atoms with Crippen molar-refractivity contribution in [1.82, 2.24) is 14.5 Å². The number of para-hydroxylation sites is 1. The molecule has 0 radical (unpaired) electrons. The summed E-state index contributed by atoms with van der Waals surface area (Å²) < 4.78 is 13.0. The van der Waals surface area contributed by atoms with E-state index in [0.717, 1.165) is 57.1 Å². The molecule has 0 aliphatic rings. The summed E-state index contributed by atoms with van der Waals surface area (Å²) in [7, 11) is 3.30. The minimum absolute atomic E-state index is 0.0908. The van der Waals surface area contributed by atoms with E-state index in [1.165, 1.54) is 22.7 Å². The number of nitrogens with zero attached hydrogens (tertiary/aromatic N) is 2. The Kier molecular flexibility index (Phi) is 7.63. The number of H-pyrrole nitrogens is 1. The number of ether oxygens (including phenoxy) is 2. The summed E-state index contributed by atoms with van der Waals surface area (Å²) in [5, 5.41) is 5.70. The molecule has 8 heteroatoms. The maximum absolute atomic E-state index is 13.3. The highest BCUT2D eigenvalue weighted by Crippen LogP contribution is 2.36. The van der Waals surface area contributed by atoms with Crippen molar-refractivity contribution in [3.8, 4) is 34.0 Å². The van der Waals surface area contributed by atoms with Crippen LogP contribution in [-0.4, -0.2) is 39.9 Å². The Hall–Kier alpha value is -4.69. The van der Waals surface area contributed by atoms with Crippen LogP contribution < -0.4 is 14.8 Å². The minimum Gasteiger partial charge on any atom is -0.497 e. The first-order valence-electron chi connectivity index (χ1n) is 13.9. The van der Waals surface area contributed by atoms with Gasteiger partial charge >= 0.3 is 0 Å². The normalized spacial score (nSPS) is 12.0. The SMILES string of the molecule is CCn1c2ccccc2c2cc(NC(=O)C(C)Sc3nc(-c4ccc(OC)cc4)c(-c4ccc(OC)cc4)[nH]3)ccc21. The number of imidazole rings is 1. The van der Waals surface area contributed by atoms with Crippen LogP contribution in [0.15, 0.2) is 96.2 Å². The van der Waals surface area contributed by atoms with E-state index in [2.05, 4.69) is 58.2 Å². The summed E-state index contributed by atoms with van der Waals surface area (Å²) in [6.07, 6.45) is 0. The molecule has 7 nitrogen and oxygen atoms in total.